The highest BCUT2D eigenvalue weighted by Crippen LogP contribution is 2.21. The van der Waals surface area contributed by atoms with Gasteiger partial charge in [0.2, 0.25) is 0 Å². The van der Waals surface area contributed by atoms with E-state index in [0.29, 0.717) is 0 Å². The van der Waals surface area contributed by atoms with E-state index in [0.717, 1.165) is 18.8 Å². The van der Waals surface area contributed by atoms with Crippen LogP contribution in [0.15, 0.2) is 12.1 Å². The molecule has 0 aliphatic heterocycles. The Morgan fingerprint density at radius 1 is 1.47 bits per heavy atom. The largest absolute Gasteiger partial charge is 0.380 e. The Labute approximate surface area is 90.9 Å². The molecule has 1 aromatic rings. The average Bonchev–Trinajstić information content (AvgIpc) is 2.72. The third-order valence-electron chi connectivity index (χ3n) is 2.90. The van der Waals surface area contributed by atoms with Crippen LogP contribution in [-0.2, 0) is 17.6 Å². The van der Waals surface area contributed by atoms with Crippen molar-refractivity contribution in [3.05, 3.63) is 23.4 Å². The maximum absolute atomic E-state index is 5.17. The van der Waals surface area contributed by atoms with Crippen LogP contribution < -0.4 is 5.32 Å². The van der Waals surface area contributed by atoms with E-state index in [-0.39, 0.29) is 6.10 Å². The van der Waals surface area contributed by atoms with E-state index in [4.69, 9.17) is 4.74 Å². The molecule has 0 aromatic carbocycles. The van der Waals surface area contributed by atoms with Crippen molar-refractivity contribution in [3.63, 3.8) is 0 Å². The van der Waals surface area contributed by atoms with Crippen LogP contribution in [0, 0.1) is 0 Å². The van der Waals surface area contributed by atoms with Crippen molar-refractivity contribution in [2.24, 2.45) is 0 Å². The quantitative estimate of drug-likeness (QED) is 0.818. The number of hydrogen-bond acceptors (Lipinski definition) is 3. The summed E-state index contributed by atoms with van der Waals surface area (Å²) in [6.45, 7) is 2.85. The van der Waals surface area contributed by atoms with E-state index in [2.05, 4.69) is 22.4 Å². The predicted octanol–water partition coefficient (Wildman–Crippen LogP) is 2.02. The van der Waals surface area contributed by atoms with Gasteiger partial charge in [0, 0.05) is 19.3 Å². The zero-order valence-corrected chi connectivity index (χ0v) is 9.42. The zero-order chi connectivity index (χ0) is 10.7. The molecular weight excluding hydrogens is 188 g/mol. The number of hydrogen-bond donors (Lipinski definition) is 1. The van der Waals surface area contributed by atoms with E-state index in [1.54, 1.807) is 7.11 Å². The summed E-state index contributed by atoms with van der Waals surface area (Å²) in [5.41, 5.74) is 2.69. The number of rotatable bonds is 4. The topological polar surface area (TPSA) is 34.1 Å². The third-order valence-corrected chi connectivity index (χ3v) is 2.90. The molecule has 0 fully saturated rings. The molecule has 1 aliphatic carbocycles. The Bertz CT molecular complexity index is 338. The zero-order valence-electron chi connectivity index (χ0n) is 9.42. The molecule has 2 rings (SSSR count). The van der Waals surface area contributed by atoms with Gasteiger partial charge < -0.3 is 10.1 Å². The number of nitrogens with one attached hydrogen (secondary N) is 1. The SMILES string of the molecule is COC(C)CNc1ccc2c(n1)CCC2. The Hall–Kier alpha value is -1.09. The Morgan fingerprint density at radius 3 is 3.13 bits per heavy atom. The minimum Gasteiger partial charge on any atom is -0.380 e. The fourth-order valence-electron chi connectivity index (χ4n) is 1.85. The van der Waals surface area contributed by atoms with Gasteiger partial charge in [0.25, 0.3) is 0 Å². The highest BCUT2D eigenvalue weighted by atomic mass is 16.5. The number of aryl methyl sites for hydroxylation is 2. The molecule has 1 atom stereocenters. The molecule has 3 nitrogen and oxygen atoms in total. The smallest absolute Gasteiger partial charge is 0.126 e. The van der Waals surface area contributed by atoms with Crippen molar-refractivity contribution >= 4 is 5.82 Å². The second-order valence-corrected chi connectivity index (χ2v) is 4.08. The maximum atomic E-state index is 5.17. The van der Waals surface area contributed by atoms with E-state index in [9.17, 15) is 0 Å². The van der Waals surface area contributed by atoms with Crippen LogP contribution in [0.3, 0.4) is 0 Å². The van der Waals surface area contributed by atoms with Gasteiger partial charge in [-0.15, -0.1) is 0 Å². The Balaban J connectivity index is 1.98. The molecule has 1 N–H and O–H groups in total. The summed E-state index contributed by atoms with van der Waals surface area (Å²) < 4.78 is 5.17. The number of aromatic nitrogens is 1. The van der Waals surface area contributed by atoms with E-state index in [1.165, 1.54) is 24.1 Å². The summed E-state index contributed by atoms with van der Waals surface area (Å²) in [5, 5.41) is 3.29. The number of anilines is 1. The maximum Gasteiger partial charge on any atom is 0.126 e. The first kappa shape index (κ1) is 10.4. The first-order chi connectivity index (χ1) is 7.29. The molecule has 0 spiro atoms. The molecule has 0 amide bonds. The molecule has 0 bridgehead atoms. The van der Waals surface area contributed by atoms with Crippen molar-refractivity contribution in [3.8, 4) is 0 Å². The summed E-state index contributed by atoms with van der Waals surface area (Å²) in [7, 11) is 1.72. The lowest BCUT2D eigenvalue weighted by atomic mass is 10.2. The first-order valence-electron chi connectivity index (χ1n) is 5.55. The van der Waals surface area contributed by atoms with Gasteiger partial charge in [0.05, 0.1) is 6.10 Å². The molecule has 0 saturated carbocycles. The second-order valence-electron chi connectivity index (χ2n) is 4.08. The lowest BCUT2D eigenvalue weighted by Gasteiger charge is -2.11. The summed E-state index contributed by atoms with van der Waals surface area (Å²) in [4.78, 5) is 4.59. The molecule has 1 heterocycles. The predicted molar refractivity (Wildman–Crippen MR) is 61.2 cm³/mol. The molecule has 3 heteroatoms. The number of nitrogens with zero attached hydrogens (tertiary/aromatic N) is 1. The highest BCUT2D eigenvalue weighted by molar-refractivity contribution is 5.40. The van der Waals surface area contributed by atoms with Crippen molar-refractivity contribution in [2.75, 3.05) is 19.0 Å². The Kier molecular flexibility index (Phi) is 3.21. The van der Waals surface area contributed by atoms with E-state index in [1.807, 2.05) is 6.92 Å². The van der Waals surface area contributed by atoms with Crippen LogP contribution in [0.2, 0.25) is 0 Å². The van der Waals surface area contributed by atoms with Gasteiger partial charge in [-0.05, 0) is 37.8 Å². The molecule has 82 valence electrons. The highest BCUT2D eigenvalue weighted by Gasteiger charge is 2.12. The van der Waals surface area contributed by atoms with Crippen molar-refractivity contribution in [2.45, 2.75) is 32.3 Å². The van der Waals surface area contributed by atoms with Crippen molar-refractivity contribution < 1.29 is 4.74 Å². The first-order valence-corrected chi connectivity index (χ1v) is 5.55. The van der Waals surface area contributed by atoms with Crippen LogP contribution in [0.1, 0.15) is 24.6 Å². The van der Waals surface area contributed by atoms with Crippen LogP contribution in [0.25, 0.3) is 0 Å². The molecule has 1 aromatic heterocycles. The molecule has 1 aliphatic rings. The number of ether oxygens (including phenoxy) is 1. The van der Waals surface area contributed by atoms with Gasteiger partial charge in [0.15, 0.2) is 0 Å². The van der Waals surface area contributed by atoms with Gasteiger partial charge in [-0.1, -0.05) is 6.07 Å². The van der Waals surface area contributed by atoms with Crippen LogP contribution in [-0.4, -0.2) is 24.7 Å². The summed E-state index contributed by atoms with van der Waals surface area (Å²) in [6.07, 6.45) is 3.79. The minimum atomic E-state index is 0.222. The fourth-order valence-corrected chi connectivity index (χ4v) is 1.85. The monoisotopic (exact) mass is 206 g/mol. The van der Waals surface area contributed by atoms with Crippen molar-refractivity contribution in [1.82, 2.24) is 4.98 Å². The van der Waals surface area contributed by atoms with Crippen LogP contribution in [0.4, 0.5) is 5.82 Å². The average molecular weight is 206 g/mol. The molecule has 1 unspecified atom stereocenters. The molecule has 15 heavy (non-hydrogen) atoms. The minimum absolute atomic E-state index is 0.222. The summed E-state index contributed by atoms with van der Waals surface area (Å²) in [5.74, 6) is 0.972. The van der Waals surface area contributed by atoms with Gasteiger partial charge in [-0.25, -0.2) is 4.98 Å². The summed E-state index contributed by atoms with van der Waals surface area (Å²) in [6, 6.07) is 4.25. The van der Waals surface area contributed by atoms with Gasteiger partial charge in [0.1, 0.15) is 5.82 Å². The fraction of sp³-hybridized carbons (Fsp3) is 0.583. The molecular formula is C12H18N2O. The van der Waals surface area contributed by atoms with Gasteiger partial charge in [-0.2, -0.15) is 0 Å². The number of pyridine rings is 1. The van der Waals surface area contributed by atoms with Crippen LogP contribution >= 0.6 is 0 Å². The Morgan fingerprint density at radius 2 is 2.33 bits per heavy atom. The number of fused-ring (bicyclic) bond motifs is 1. The standard InChI is InChI=1S/C12H18N2O/c1-9(15-2)8-13-12-7-6-10-4-3-5-11(10)14-12/h6-7,9H,3-5,8H2,1-2H3,(H,13,14). The van der Waals surface area contributed by atoms with E-state index >= 15 is 0 Å². The number of methoxy groups -OCH3 is 1. The molecule has 0 saturated heterocycles. The van der Waals surface area contributed by atoms with Crippen LogP contribution in [0.5, 0.6) is 0 Å². The third kappa shape index (κ3) is 2.48. The lowest BCUT2D eigenvalue weighted by Crippen LogP contribution is -2.18. The molecule has 0 radical (unpaired) electrons. The van der Waals surface area contributed by atoms with Gasteiger partial charge in [-0.3, -0.25) is 0 Å². The second kappa shape index (κ2) is 4.62. The van der Waals surface area contributed by atoms with E-state index < -0.39 is 0 Å². The lowest BCUT2D eigenvalue weighted by molar-refractivity contribution is 0.128. The van der Waals surface area contributed by atoms with Crippen molar-refractivity contribution in [1.29, 1.82) is 0 Å². The van der Waals surface area contributed by atoms with Gasteiger partial charge >= 0.3 is 0 Å². The normalized spacial score (nSPS) is 16.1. The summed E-state index contributed by atoms with van der Waals surface area (Å²) >= 11 is 0.